The van der Waals surface area contributed by atoms with Gasteiger partial charge in [0.25, 0.3) is 0 Å². The summed E-state index contributed by atoms with van der Waals surface area (Å²) < 4.78 is 0. The Morgan fingerprint density at radius 1 is 1.00 bits per heavy atom. The van der Waals surface area contributed by atoms with Gasteiger partial charge in [-0.05, 0) is 30.5 Å². The second-order valence-electron chi connectivity index (χ2n) is 5.98. The van der Waals surface area contributed by atoms with Crippen LogP contribution in [0.1, 0.15) is 30.1 Å². The predicted molar refractivity (Wildman–Crippen MR) is 85.8 cm³/mol. The lowest BCUT2D eigenvalue weighted by molar-refractivity contribution is 0.0476. The summed E-state index contributed by atoms with van der Waals surface area (Å²) in [5.41, 5.74) is 2.40. The molecule has 2 heteroatoms. The van der Waals surface area contributed by atoms with Crippen molar-refractivity contribution in [1.29, 1.82) is 0 Å². The third-order valence-electron chi connectivity index (χ3n) is 4.38. The molecular formula is C19H23NO. The van der Waals surface area contributed by atoms with E-state index >= 15 is 0 Å². The first-order chi connectivity index (χ1) is 10.3. The molecule has 2 aromatic carbocycles. The summed E-state index contributed by atoms with van der Waals surface area (Å²) >= 11 is 0. The van der Waals surface area contributed by atoms with Crippen LogP contribution in [0.4, 0.5) is 0 Å². The average molecular weight is 281 g/mol. The summed E-state index contributed by atoms with van der Waals surface area (Å²) in [7, 11) is 0. The summed E-state index contributed by atoms with van der Waals surface area (Å²) in [5, 5.41) is 10.6. The lowest BCUT2D eigenvalue weighted by Gasteiger charge is -2.35. The average Bonchev–Trinajstić information content (AvgIpc) is 2.56. The Hall–Kier alpha value is -1.64. The van der Waals surface area contributed by atoms with Crippen LogP contribution in [0.15, 0.2) is 60.7 Å². The lowest BCUT2D eigenvalue weighted by Crippen LogP contribution is -2.37. The van der Waals surface area contributed by atoms with Gasteiger partial charge in [-0.15, -0.1) is 0 Å². The summed E-state index contributed by atoms with van der Waals surface area (Å²) in [5.74, 6) is 0.338. The van der Waals surface area contributed by atoms with Gasteiger partial charge in [-0.2, -0.15) is 0 Å². The van der Waals surface area contributed by atoms with Crippen LogP contribution >= 0.6 is 0 Å². The van der Waals surface area contributed by atoms with E-state index in [4.69, 9.17) is 0 Å². The van der Waals surface area contributed by atoms with Crippen molar-refractivity contribution in [3.8, 4) is 0 Å². The SMILES string of the molecule is O[C@H](c1ccccc1)C1CCCN(Cc2ccccc2)C1. The molecule has 1 aliphatic heterocycles. The molecule has 0 bridgehead atoms. The highest BCUT2D eigenvalue weighted by Crippen LogP contribution is 2.30. The largest absolute Gasteiger partial charge is 0.388 e. The molecule has 1 saturated heterocycles. The van der Waals surface area contributed by atoms with Crippen LogP contribution in [0.3, 0.4) is 0 Å². The molecule has 3 rings (SSSR count). The maximum Gasteiger partial charge on any atom is 0.0830 e. The van der Waals surface area contributed by atoms with Crippen molar-refractivity contribution in [3.63, 3.8) is 0 Å². The number of piperidine rings is 1. The van der Waals surface area contributed by atoms with E-state index in [-0.39, 0.29) is 6.10 Å². The molecule has 1 unspecified atom stereocenters. The number of hydrogen-bond donors (Lipinski definition) is 1. The highest BCUT2D eigenvalue weighted by molar-refractivity contribution is 5.18. The van der Waals surface area contributed by atoms with Crippen molar-refractivity contribution in [1.82, 2.24) is 4.90 Å². The molecule has 2 atom stereocenters. The van der Waals surface area contributed by atoms with Gasteiger partial charge in [-0.25, -0.2) is 0 Å². The Bertz CT molecular complexity index is 540. The van der Waals surface area contributed by atoms with Gasteiger partial charge in [0.2, 0.25) is 0 Å². The van der Waals surface area contributed by atoms with Gasteiger partial charge in [-0.3, -0.25) is 4.90 Å². The second kappa shape index (κ2) is 6.88. The summed E-state index contributed by atoms with van der Waals surface area (Å²) in [6.45, 7) is 3.09. The van der Waals surface area contributed by atoms with Crippen molar-refractivity contribution in [2.75, 3.05) is 13.1 Å². The topological polar surface area (TPSA) is 23.5 Å². The van der Waals surface area contributed by atoms with Gasteiger partial charge >= 0.3 is 0 Å². The van der Waals surface area contributed by atoms with Crippen LogP contribution in [0.25, 0.3) is 0 Å². The molecule has 0 spiro atoms. The Morgan fingerprint density at radius 2 is 1.67 bits per heavy atom. The fourth-order valence-corrected chi connectivity index (χ4v) is 3.26. The van der Waals surface area contributed by atoms with Gasteiger partial charge in [0, 0.05) is 19.0 Å². The van der Waals surface area contributed by atoms with Crippen molar-refractivity contribution >= 4 is 0 Å². The van der Waals surface area contributed by atoms with Gasteiger partial charge < -0.3 is 5.11 Å². The fourth-order valence-electron chi connectivity index (χ4n) is 3.26. The van der Waals surface area contributed by atoms with Gasteiger partial charge in [0.1, 0.15) is 0 Å². The monoisotopic (exact) mass is 281 g/mol. The first-order valence-electron chi connectivity index (χ1n) is 7.82. The molecule has 1 aliphatic rings. The molecule has 21 heavy (non-hydrogen) atoms. The Balaban J connectivity index is 1.63. The number of benzene rings is 2. The molecule has 0 amide bonds. The molecule has 110 valence electrons. The third-order valence-corrected chi connectivity index (χ3v) is 4.38. The van der Waals surface area contributed by atoms with Gasteiger partial charge in [0.05, 0.1) is 6.10 Å². The van der Waals surface area contributed by atoms with E-state index in [0.717, 1.165) is 31.6 Å². The second-order valence-corrected chi connectivity index (χ2v) is 5.98. The number of hydrogen-bond acceptors (Lipinski definition) is 2. The molecular weight excluding hydrogens is 258 g/mol. The van der Waals surface area contributed by atoms with E-state index in [2.05, 4.69) is 35.2 Å². The molecule has 0 aromatic heterocycles. The Morgan fingerprint density at radius 3 is 2.38 bits per heavy atom. The van der Waals surface area contributed by atoms with E-state index < -0.39 is 0 Å². The van der Waals surface area contributed by atoms with Crippen LogP contribution in [0.5, 0.6) is 0 Å². The lowest BCUT2D eigenvalue weighted by atomic mass is 9.88. The molecule has 1 N–H and O–H groups in total. The maximum absolute atomic E-state index is 10.6. The summed E-state index contributed by atoms with van der Waals surface area (Å²) in [6, 6.07) is 20.7. The third kappa shape index (κ3) is 3.72. The molecule has 1 fully saturated rings. The molecule has 0 radical (unpaired) electrons. The predicted octanol–water partition coefficient (Wildman–Crippen LogP) is 3.63. The molecule has 0 saturated carbocycles. The fraction of sp³-hybridized carbons (Fsp3) is 0.368. The van der Waals surface area contributed by atoms with Crippen LogP contribution < -0.4 is 0 Å². The molecule has 0 aliphatic carbocycles. The van der Waals surface area contributed by atoms with Crippen molar-refractivity contribution in [2.45, 2.75) is 25.5 Å². The van der Waals surface area contributed by atoms with E-state index in [1.807, 2.05) is 30.3 Å². The number of rotatable bonds is 4. The van der Waals surface area contributed by atoms with Crippen molar-refractivity contribution in [3.05, 3.63) is 71.8 Å². The van der Waals surface area contributed by atoms with E-state index in [1.165, 1.54) is 12.0 Å². The smallest absolute Gasteiger partial charge is 0.0830 e. The number of likely N-dealkylation sites (tertiary alicyclic amines) is 1. The molecule has 2 aromatic rings. The van der Waals surface area contributed by atoms with Crippen LogP contribution in [-0.4, -0.2) is 23.1 Å². The zero-order valence-electron chi connectivity index (χ0n) is 12.4. The number of aliphatic hydroxyl groups excluding tert-OH is 1. The first kappa shape index (κ1) is 14.3. The number of nitrogens with zero attached hydrogens (tertiary/aromatic N) is 1. The van der Waals surface area contributed by atoms with Crippen LogP contribution in [0.2, 0.25) is 0 Å². The minimum absolute atomic E-state index is 0.338. The number of aliphatic hydroxyl groups is 1. The minimum atomic E-state index is -0.343. The zero-order valence-corrected chi connectivity index (χ0v) is 12.4. The highest BCUT2D eigenvalue weighted by Gasteiger charge is 2.26. The van der Waals surface area contributed by atoms with Crippen LogP contribution in [-0.2, 0) is 6.54 Å². The maximum atomic E-state index is 10.6. The molecule has 2 nitrogen and oxygen atoms in total. The van der Waals surface area contributed by atoms with E-state index in [9.17, 15) is 5.11 Å². The summed E-state index contributed by atoms with van der Waals surface area (Å²) in [4.78, 5) is 2.47. The summed E-state index contributed by atoms with van der Waals surface area (Å²) in [6.07, 6.45) is 1.94. The standard InChI is InChI=1S/C19H23NO/c21-19(17-10-5-2-6-11-17)18-12-7-13-20(15-18)14-16-8-3-1-4-9-16/h1-6,8-11,18-19,21H,7,12-15H2/t18?,19-/m1/s1. The van der Waals surface area contributed by atoms with Crippen molar-refractivity contribution in [2.24, 2.45) is 5.92 Å². The minimum Gasteiger partial charge on any atom is -0.388 e. The molecule has 1 heterocycles. The Kier molecular flexibility index (Phi) is 4.69. The van der Waals surface area contributed by atoms with E-state index in [1.54, 1.807) is 0 Å². The van der Waals surface area contributed by atoms with Crippen molar-refractivity contribution < 1.29 is 5.11 Å². The first-order valence-corrected chi connectivity index (χ1v) is 7.82. The highest BCUT2D eigenvalue weighted by atomic mass is 16.3. The van der Waals surface area contributed by atoms with Gasteiger partial charge in [-0.1, -0.05) is 60.7 Å². The normalized spacial score (nSPS) is 21.1. The van der Waals surface area contributed by atoms with Crippen LogP contribution in [0, 0.1) is 5.92 Å². The Labute approximate surface area is 127 Å². The zero-order chi connectivity index (χ0) is 14.5. The van der Waals surface area contributed by atoms with E-state index in [0.29, 0.717) is 5.92 Å². The van der Waals surface area contributed by atoms with Gasteiger partial charge in [0.15, 0.2) is 0 Å². The quantitative estimate of drug-likeness (QED) is 0.925.